The Morgan fingerprint density at radius 3 is 2.71 bits per heavy atom. The van der Waals surface area contributed by atoms with Crippen molar-refractivity contribution in [1.82, 2.24) is 20.0 Å². The Balaban J connectivity index is 1.33. The van der Waals surface area contributed by atoms with Crippen LogP contribution in [-0.2, 0) is 16.9 Å². The van der Waals surface area contributed by atoms with Crippen LogP contribution in [0.4, 0.5) is 10.5 Å². The molecule has 176 valence electrons. The summed E-state index contributed by atoms with van der Waals surface area (Å²) in [5, 5.41) is 7.71. The second-order valence-corrected chi connectivity index (χ2v) is 8.51. The number of hydrogen-bond donors (Lipinski definition) is 3. The van der Waals surface area contributed by atoms with Gasteiger partial charge in [-0.15, -0.1) is 0 Å². The van der Waals surface area contributed by atoms with Crippen molar-refractivity contribution in [2.75, 3.05) is 5.32 Å². The van der Waals surface area contributed by atoms with E-state index in [-0.39, 0.29) is 12.5 Å². The van der Waals surface area contributed by atoms with Gasteiger partial charge in [-0.25, -0.2) is 9.78 Å². The SMILES string of the molecule is Cc1cccn2cc(COc3ccccc3C(=O)Nc3cccc(C4(C)NC(=O)NC4=O)c3)nc12. The van der Waals surface area contributed by atoms with Crippen LogP contribution in [0.15, 0.2) is 73.1 Å². The molecule has 0 saturated carbocycles. The number of fused-ring (bicyclic) bond motifs is 1. The van der Waals surface area contributed by atoms with E-state index in [0.29, 0.717) is 22.6 Å². The number of imidazole rings is 1. The van der Waals surface area contributed by atoms with Crippen molar-refractivity contribution in [3.05, 3.63) is 95.4 Å². The molecule has 2 aromatic carbocycles. The first-order chi connectivity index (χ1) is 16.8. The van der Waals surface area contributed by atoms with Gasteiger partial charge in [-0.2, -0.15) is 0 Å². The molecule has 0 bridgehead atoms. The number of anilines is 1. The van der Waals surface area contributed by atoms with Gasteiger partial charge < -0.3 is 19.8 Å². The van der Waals surface area contributed by atoms with Gasteiger partial charge in [0.25, 0.3) is 11.8 Å². The second kappa shape index (κ2) is 8.60. The number of imide groups is 1. The molecule has 1 fully saturated rings. The van der Waals surface area contributed by atoms with E-state index in [9.17, 15) is 14.4 Å². The topological polar surface area (TPSA) is 114 Å². The van der Waals surface area contributed by atoms with Crippen LogP contribution in [0.1, 0.15) is 34.1 Å². The van der Waals surface area contributed by atoms with Gasteiger partial charge in [-0.3, -0.25) is 14.9 Å². The van der Waals surface area contributed by atoms with E-state index >= 15 is 0 Å². The van der Waals surface area contributed by atoms with Crippen LogP contribution in [0.3, 0.4) is 0 Å². The summed E-state index contributed by atoms with van der Waals surface area (Å²) < 4.78 is 7.90. The first kappa shape index (κ1) is 22.1. The molecule has 3 N–H and O–H groups in total. The van der Waals surface area contributed by atoms with Crippen LogP contribution < -0.4 is 20.7 Å². The Hall–Kier alpha value is -4.66. The van der Waals surface area contributed by atoms with Gasteiger partial charge in [-0.05, 0) is 55.3 Å². The monoisotopic (exact) mass is 469 g/mol. The van der Waals surface area contributed by atoms with Crippen LogP contribution in [0.2, 0.25) is 0 Å². The summed E-state index contributed by atoms with van der Waals surface area (Å²) in [6.07, 6.45) is 3.82. The van der Waals surface area contributed by atoms with E-state index in [1.807, 2.05) is 35.9 Å². The summed E-state index contributed by atoms with van der Waals surface area (Å²) in [5.74, 6) is -0.398. The van der Waals surface area contributed by atoms with Gasteiger partial charge in [0.2, 0.25) is 0 Å². The fourth-order valence-corrected chi connectivity index (χ4v) is 4.06. The third-order valence-corrected chi connectivity index (χ3v) is 5.98. The lowest BCUT2D eigenvalue weighted by Crippen LogP contribution is -2.40. The Morgan fingerprint density at radius 2 is 1.94 bits per heavy atom. The van der Waals surface area contributed by atoms with Crippen LogP contribution in [-0.4, -0.2) is 27.2 Å². The number of carbonyl (C=O) groups excluding carboxylic acids is 3. The van der Waals surface area contributed by atoms with E-state index in [2.05, 4.69) is 20.9 Å². The highest BCUT2D eigenvalue weighted by Crippen LogP contribution is 2.27. The van der Waals surface area contributed by atoms with Crippen molar-refractivity contribution < 1.29 is 19.1 Å². The maximum Gasteiger partial charge on any atom is 0.322 e. The molecule has 4 amide bonds. The molecule has 1 unspecified atom stereocenters. The molecule has 9 heteroatoms. The van der Waals surface area contributed by atoms with Crippen molar-refractivity contribution >= 4 is 29.2 Å². The van der Waals surface area contributed by atoms with Gasteiger partial charge in [0.15, 0.2) is 0 Å². The number of aryl methyl sites for hydroxylation is 1. The number of nitrogens with one attached hydrogen (secondary N) is 3. The number of aromatic nitrogens is 2. The van der Waals surface area contributed by atoms with Crippen molar-refractivity contribution in [3.63, 3.8) is 0 Å². The molecule has 0 spiro atoms. The number of benzene rings is 2. The molecule has 1 aliphatic rings. The molecule has 1 atom stereocenters. The molecule has 0 radical (unpaired) electrons. The number of para-hydroxylation sites is 1. The lowest BCUT2D eigenvalue weighted by Gasteiger charge is -2.21. The minimum Gasteiger partial charge on any atom is -0.486 e. The maximum atomic E-state index is 13.1. The van der Waals surface area contributed by atoms with Crippen LogP contribution in [0, 0.1) is 6.92 Å². The van der Waals surface area contributed by atoms with Gasteiger partial charge in [0, 0.05) is 18.1 Å². The van der Waals surface area contributed by atoms with E-state index in [0.717, 1.165) is 16.9 Å². The highest BCUT2D eigenvalue weighted by Gasteiger charge is 2.43. The summed E-state index contributed by atoms with van der Waals surface area (Å²) >= 11 is 0. The van der Waals surface area contributed by atoms with Gasteiger partial charge in [0.05, 0.1) is 11.3 Å². The molecule has 0 aliphatic carbocycles. The van der Waals surface area contributed by atoms with Crippen LogP contribution in [0.25, 0.3) is 5.65 Å². The zero-order valence-electron chi connectivity index (χ0n) is 19.2. The third kappa shape index (κ3) is 4.19. The second-order valence-electron chi connectivity index (χ2n) is 8.51. The first-order valence-corrected chi connectivity index (χ1v) is 11.0. The van der Waals surface area contributed by atoms with Crippen molar-refractivity contribution in [2.24, 2.45) is 0 Å². The number of pyridine rings is 1. The minimum atomic E-state index is -1.22. The van der Waals surface area contributed by atoms with Crippen molar-refractivity contribution in [1.29, 1.82) is 0 Å². The molecule has 2 aromatic heterocycles. The first-order valence-electron chi connectivity index (χ1n) is 11.0. The zero-order chi connectivity index (χ0) is 24.6. The predicted octanol–water partition coefficient (Wildman–Crippen LogP) is 3.53. The molecular formula is C26H23N5O4. The number of urea groups is 1. The Morgan fingerprint density at radius 1 is 1.11 bits per heavy atom. The number of amides is 4. The summed E-state index contributed by atoms with van der Waals surface area (Å²) in [5.41, 5.74) is 2.83. The van der Waals surface area contributed by atoms with E-state index in [1.54, 1.807) is 55.5 Å². The molecule has 4 aromatic rings. The molecule has 5 rings (SSSR count). The number of nitrogens with zero attached hydrogens (tertiary/aromatic N) is 2. The standard InChI is InChI=1S/C26H23N5O4/c1-16-7-6-12-31-14-19(27-22(16)31)15-35-21-11-4-3-10-20(21)23(32)28-18-9-5-8-17(13-18)26(2)24(33)29-25(34)30-26/h3-14H,15H2,1-2H3,(H,28,32)(H2,29,30,33,34). The highest BCUT2D eigenvalue weighted by molar-refractivity contribution is 6.08. The fraction of sp³-hybridized carbons (Fsp3) is 0.154. The van der Waals surface area contributed by atoms with Crippen LogP contribution >= 0.6 is 0 Å². The molecule has 9 nitrogen and oxygen atoms in total. The van der Waals surface area contributed by atoms with E-state index < -0.39 is 17.5 Å². The third-order valence-electron chi connectivity index (χ3n) is 5.98. The normalized spacial score (nSPS) is 17.2. The molecule has 1 aliphatic heterocycles. The van der Waals surface area contributed by atoms with E-state index in [1.165, 1.54) is 0 Å². The number of carbonyl (C=O) groups is 3. The van der Waals surface area contributed by atoms with Gasteiger partial charge in [-0.1, -0.05) is 30.3 Å². The lowest BCUT2D eigenvalue weighted by molar-refractivity contribution is -0.123. The lowest BCUT2D eigenvalue weighted by atomic mass is 9.92. The quantitative estimate of drug-likeness (QED) is 0.374. The molecular weight excluding hydrogens is 446 g/mol. The Labute approximate surface area is 201 Å². The van der Waals surface area contributed by atoms with Crippen LogP contribution in [0.5, 0.6) is 5.75 Å². The number of rotatable bonds is 6. The Kier molecular flexibility index (Phi) is 5.44. The van der Waals surface area contributed by atoms with Crippen molar-refractivity contribution in [3.8, 4) is 5.75 Å². The van der Waals surface area contributed by atoms with E-state index in [4.69, 9.17) is 4.74 Å². The fourth-order valence-electron chi connectivity index (χ4n) is 4.06. The number of hydrogen-bond acceptors (Lipinski definition) is 5. The minimum absolute atomic E-state index is 0.202. The van der Waals surface area contributed by atoms with Gasteiger partial charge >= 0.3 is 6.03 Å². The van der Waals surface area contributed by atoms with Crippen molar-refractivity contribution in [2.45, 2.75) is 26.0 Å². The molecule has 1 saturated heterocycles. The molecule has 3 heterocycles. The summed E-state index contributed by atoms with van der Waals surface area (Å²) in [7, 11) is 0. The highest BCUT2D eigenvalue weighted by atomic mass is 16.5. The molecule has 35 heavy (non-hydrogen) atoms. The average Bonchev–Trinajstić information content (AvgIpc) is 3.38. The maximum absolute atomic E-state index is 13.1. The largest absolute Gasteiger partial charge is 0.486 e. The summed E-state index contributed by atoms with van der Waals surface area (Å²) in [6.45, 7) is 3.81. The Bertz CT molecular complexity index is 1480. The zero-order valence-corrected chi connectivity index (χ0v) is 19.2. The van der Waals surface area contributed by atoms with Gasteiger partial charge in [0.1, 0.15) is 23.5 Å². The summed E-state index contributed by atoms with van der Waals surface area (Å²) in [6, 6.07) is 17.1. The predicted molar refractivity (Wildman–Crippen MR) is 129 cm³/mol. The summed E-state index contributed by atoms with van der Waals surface area (Å²) in [4.78, 5) is 41.6. The smallest absolute Gasteiger partial charge is 0.322 e. The average molecular weight is 470 g/mol. The number of ether oxygens (including phenoxy) is 1.